The van der Waals surface area contributed by atoms with Gasteiger partial charge in [-0.15, -0.1) is 0 Å². The van der Waals surface area contributed by atoms with E-state index in [0.717, 1.165) is 5.03 Å². The number of hydrogen-bond acceptors (Lipinski definition) is 0. The summed E-state index contributed by atoms with van der Waals surface area (Å²) < 4.78 is 0. The first-order chi connectivity index (χ1) is 5.27. The van der Waals surface area contributed by atoms with Gasteiger partial charge in [0.15, 0.2) is 0 Å². The molecule has 0 fully saturated rings. The molecule has 11 heavy (non-hydrogen) atoms. The SMILES string of the molecule is CC1=C2C=C(Cl)C=C2CCC1. The third-order valence-electron chi connectivity index (χ3n) is 2.40. The molecule has 0 saturated carbocycles. The van der Waals surface area contributed by atoms with Crippen molar-refractivity contribution < 1.29 is 0 Å². The van der Waals surface area contributed by atoms with Crippen LogP contribution in [0.5, 0.6) is 0 Å². The zero-order valence-corrected chi connectivity index (χ0v) is 7.41. The van der Waals surface area contributed by atoms with Gasteiger partial charge in [0.05, 0.1) is 0 Å². The maximum atomic E-state index is 5.90. The van der Waals surface area contributed by atoms with Crippen LogP contribution < -0.4 is 0 Å². The monoisotopic (exact) mass is 166 g/mol. The molecule has 0 N–H and O–H groups in total. The minimum absolute atomic E-state index is 0.899. The molecule has 0 aromatic heterocycles. The van der Waals surface area contributed by atoms with Gasteiger partial charge in [-0.25, -0.2) is 0 Å². The first-order valence-corrected chi connectivity index (χ1v) is 4.43. The van der Waals surface area contributed by atoms with E-state index in [9.17, 15) is 0 Å². The van der Waals surface area contributed by atoms with Crippen LogP contribution in [0.15, 0.2) is 33.9 Å². The molecule has 0 amide bonds. The van der Waals surface area contributed by atoms with Gasteiger partial charge in [-0.3, -0.25) is 0 Å². The largest absolute Gasteiger partial charge is 0.0843 e. The lowest BCUT2D eigenvalue weighted by atomic mass is 9.90. The third kappa shape index (κ3) is 1.16. The summed E-state index contributed by atoms with van der Waals surface area (Å²) in [6.07, 6.45) is 7.93. The molecule has 0 aliphatic heterocycles. The molecule has 0 aromatic carbocycles. The summed E-state index contributed by atoms with van der Waals surface area (Å²) in [5.74, 6) is 0. The van der Waals surface area contributed by atoms with Crippen LogP contribution in [-0.2, 0) is 0 Å². The molecule has 2 aliphatic carbocycles. The number of halogens is 1. The molecule has 0 saturated heterocycles. The Hall–Kier alpha value is -0.490. The second-order valence-corrected chi connectivity index (χ2v) is 3.68. The van der Waals surface area contributed by atoms with Crippen molar-refractivity contribution in [3.05, 3.63) is 33.9 Å². The molecule has 0 atom stereocenters. The lowest BCUT2D eigenvalue weighted by molar-refractivity contribution is 0.774. The molecular formula is C10H11Cl. The Kier molecular flexibility index (Phi) is 1.65. The normalized spacial score (nSPS) is 23.1. The van der Waals surface area contributed by atoms with E-state index in [1.165, 1.54) is 36.0 Å². The first kappa shape index (κ1) is 7.17. The standard InChI is InChI=1S/C10H11Cl/c1-7-3-2-4-8-5-9(11)6-10(7)8/h5-6H,2-4H2,1H3. The van der Waals surface area contributed by atoms with Crippen molar-refractivity contribution in [1.29, 1.82) is 0 Å². The van der Waals surface area contributed by atoms with E-state index in [1.54, 1.807) is 0 Å². The predicted molar refractivity (Wildman–Crippen MR) is 48.6 cm³/mol. The van der Waals surface area contributed by atoms with Crippen LogP contribution in [0.25, 0.3) is 0 Å². The predicted octanol–water partition coefficient (Wildman–Crippen LogP) is 3.55. The van der Waals surface area contributed by atoms with Gasteiger partial charge in [0.1, 0.15) is 0 Å². The summed E-state index contributed by atoms with van der Waals surface area (Å²) in [7, 11) is 0. The Labute approximate surface area is 72.2 Å². The fourth-order valence-electron chi connectivity index (χ4n) is 1.80. The van der Waals surface area contributed by atoms with Crippen molar-refractivity contribution in [3.63, 3.8) is 0 Å². The second-order valence-electron chi connectivity index (χ2n) is 3.25. The van der Waals surface area contributed by atoms with Gasteiger partial charge in [0.2, 0.25) is 0 Å². The van der Waals surface area contributed by atoms with E-state index in [0.29, 0.717) is 0 Å². The lowest BCUT2D eigenvalue weighted by Gasteiger charge is -2.15. The molecule has 2 rings (SSSR count). The zero-order valence-electron chi connectivity index (χ0n) is 6.65. The number of allylic oxidation sites excluding steroid dienone is 6. The van der Waals surface area contributed by atoms with Crippen molar-refractivity contribution in [2.45, 2.75) is 26.2 Å². The van der Waals surface area contributed by atoms with Gasteiger partial charge in [0, 0.05) is 5.03 Å². The summed E-state index contributed by atoms with van der Waals surface area (Å²) >= 11 is 5.90. The van der Waals surface area contributed by atoms with Crippen LogP contribution in [0.3, 0.4) is 0 Å². The highest BCUT2D eigenvalue weighted by Gasteiger charge is 2.17. The third-order valence-corrected chi connectivity index (χ3v) is 2.62. The van der Waals surface area contributed by atoms with Crippen LogP contribution in [0, 0.1) is 0 Å². The van der Waals surface area contributed by atoms with Gasteiger partial charge in [0.25, 0.3) is 0 Å². The van der Waals surface area contributed by atoms with Crippen molar-refractivity contribution in [2.24, 2.45) is 0 Å². The Morgan fingerprint density at radius 3 is 2.82 bits per heavy atom. The molecule has 0 radical (unpaired) electrons. The Bertz CT molecular complexity index is 279. The fraction of sp³-hybridized carbons (Fsp3) is 0.400. The van der Waals surface area contributed by atoms with Crippen molar-refractivity contribution in [3.8, 4) is 0 Å². The van der Waals surface area contributed by atoms with E-state index >= 15 is 0 Å². The average molecular weight is 167 g/mol. The molecule has 0 aromatic rings. The highest BCUT2D eigenvalue weighted by atomic mass is 35.5. The van der Waals surface area contributed by atoms with Crippen molar-refractivity contribution >= 4 is 11.6 Å². The summed E-state index contributed by atoms with van der Waals surface area (Å²) in [4.78, 5) is 0. The van der Waals surface area contributed by atoms with Gasteiger partial charge >= 0.3 is 0 Å². The van der Waals surface area contributed by atoms with Gasteiger partial charge in [-0.2, -0.15) is 0 Å². The summed E-state index contributed by atoms with van der Waals surface area (Å²) in [6.45, 7) is 2.20. The summed E-state index contributed by atoms with van der Waals surface area (Å²) in [6, 6.07) is 0. The van der Waals surface area contributed by atoms with Crippen LogP contribution in [0.4, 0.5) is 0 Å². The summed E-state index contributed by atoms with van der Waals surface area (Å²) in [5, 5.41) is 0.899. The minimum atomic E-state index is 0.899. The molecule has 0 spiro atoms. The van der Waals surface area contributed by atoms with E-state index in [-0.39, 0.29) is 0 Å². The highest BCUT2D eigenvalue weighted by Crippen LogP contribution is 2.36. The number of fused-ring (bicyclic) bond motifs is 1. The molecule has 58 valence electrons. The molecule has 1 heteroatoms. The highest BCUT2D eigenvalue weighted by molar-refractivity contribution is 6.32. The van der Waals surface area contributed by atoms with Gasteiger partial charge in [-0.05, 0) is 49.5 Å². The van der Waals surface area contributed by atoms with Gasteiger partial charge < -0.3 is 0 Å². The maximum Gasteiger partial charge on any atom is 0.0414 e. The van der Waals surface area contributed by atoms with E-state index in [1.807, 2.05) is 0 Å². The summed E-state index contributed by atoms with van der Waals surface area (Å²) in [5.41, 5.74) is 4.35. The quantitative estimate of drug-likeness (QED) is 0.516. The molecule has 0 unspecified atom stereocenters. The Balaban J connectivity index is 2.47. The number of hydrogen-bond donors (Lipinski definition) is 0. The van der Waals surface area contributed by atoms with Crippen molar-refractivity contribution in [2.75, 3.05) is 0 Å². The molecular weight excluding hydrogens is 156 g/mol. The molecule has 2 aliphatic rings. The topological polar surface area (TPSA) is 0 Å². The van der Waals surface area contributed by atoms with E-state index < -0.39 is 0 Å². The second kappa shape index (κ2) is 2.53. The first-order valence-electron chi connectivity index (χ1n) is 4.05. The van der Waals surface area contributed by atoms with Crippen LogP contribution in [0.2, 0.25) is 0 Å². The Morgan fingerprint density at radius 2 is 2.09 bits per heavy atom. The average Bonchev–Trinajstić information content (AvgIpc) is 2.31. The molecule has 0 nitrogen and oxygen atoms in total. The lowest BCUT2D eigenvalue weighted by Crippen LogP contribution is -1.96. The van der Waals surface area contributed by atoms with Crippen LogP contribution in [0.1, 0.15) is 26.2 Å². The fourth-order valence-corrected chi connectivity index (χ4v) is 2.04. The van der Waals surface area contributed by atoms with E-state index in [2.05, 4.69) is 19.1 Å². The zero-order chi connectivity index (χ0) is 7.84. The molecule has 0 bridgehead atoms. The van der Waals surface area contributed by atoms with Crippen LogP contribution >= 0.6 is 11.6 Å². The van der Waals surface area contributed by atoms with Gasteiger partial charge in [-0.1, -0.05) is 17.2 Å². The van der Waals surface area contributed by atoms with Crippen LogP contribution in [-0.4, -0.2) is 0 Å². The molecule has 0 heterocycles. The smallest absolute Gasteiger partial charge is 0.0414 e. The Morgan fingerprint density at radius 1 is 1.27 bits per heavy atom. The minimum Gasteiger partial charge on any atom is -0.0843 e. The maximum absolute atomic E-state index is 5.90. The van der Waals surface area contributed by atoms with E-state index in [4.69, 9.17) is 11.6 Å². The number of rotatable bonds is 0. The van der Waals surface area contributed by atoms with Crippen molar-refractivity contribution in [1.82, 2.24) is 0 Å².